The Bertz CT molecular complexity index is 567. The number of carbonyl (C=O) groups is 1. The molecule has 0 spiro atoms. The lowest BCUT2D eigenvalue weighted by Gasteiger charge is -2.37. The Balaban J connectivity index is 1.57. The maximum absolute atomic E-state index is 12.5. The van der Waals surface area contributed by atoms with Crippen LogP contribution in [0.5, 0.6) is 0 Å². The van der Waals surface area contributed by atoms with E-state index < -0.39 is 4.92 Å². The SMILES string of the molecule is O=C(Cc1ccc([N+](=O)[O-])cc1)N1CCC[C@@H](N2CCCC2)C1. The smallest absolute Gasteiger partial charge is 0.269 e. The molecule has 1 amide bonds. The second-order valence-corrected chi connectivity index (χ2v) is 6.48. The van der Waals surface area contributed by atoms with Crippen molar-refractivity contribution in [2.75, 3.05) is 26.2 Å². The Morgan fingerprint density at radius 1 is 1.13 bits per heavy atom. The molecule has 2 fully saturated rings. The highest BCUT2D eigenvalue weighted by Crippen LogP contribution is 2.21. The molecular formula is C17H23N3O3. The van der Waals surface area contributed by atoms with Crippen molar-refractivity contribution in [1.82, 2.24) is 9.80 Å². The number of nitro groups is 1. The highest BCUT2D eigenvalue weighted by atomic mass is 16.6. The first-order valence-electron chi connectivity index (χ1n) is 8.38. The van der Waals surface area contributed by atoms with Crippen molar-refractivity contribution in [1.29, 1.82) is 0 Å². The summed E-state index contributed by atoms with van der Waals surface area (Å²) < 4.78 is 0. The largest absolute Gasteiger partial charge is 0.341 e. The van der Waals surface area contributed by atoms with Crippen molar-refractivity contribution in [2.24, 2.45) is 0 Å². The van der Waals surface area contributed by atoms with E-state index in [9.17, 15) is 14.9 Å². The summed E-state index contributed by atoms with van der Waals surface area (Å²) in [6, 6.07) is 6.79. The Hall–Kier alpha value is -1.95. The van der Waals surface area contributed by atoms with Crippen LogP contribution in [0.3, 0.4) is 0 Å². The second-order valence-electron chi connectivity index (χ2n) is 6.48. The summed E-state index contributed by atoms with van der Waals surface area (Å²) in [5.74, 6) is 0.128. The second kappa shape index (κ2) is 7.08. The van der Waals surface area contributed by atoms with E-state index in [1.165, 1.54) is 31.4 Å². The third-order valence-corrected chi connectivity index (χ3v) is 4.91. The normalized spacial score (nSPS) is 22.3. The molecule has 0 aliphatic carbocycles. The van der Waals surface area contributed by atoms with E-state index in [1.54, 1.807) is 12.1 Å². The van der Waals surface area contributed by atoms with Crippen LogP contribution >= 0.6 is 0 Å². The van der Waals surface area contributed by atoms with Crippen LogP contribution < -0.4 is 0 Å². The minimum atomic E-state index is -0.420. The zero-order chi connectivity index (χ0) is 16.2. The molecule has 1 aromatic carbocycles. The van der Waals surface area contributed by atoms with Gasteiger partial charge in [0.15, 0.2) is 0 Å². The van der Waals surface area contributed by atoms with Gasteiger partial charge in [0.05, 0.1) is 11.3 Å². The third-order valence-electron chi connectivity index (χ3n) is 4.91. The highest BCUT2D eigenvalue weighted by molar-refractivity contribution is 5.79. The van der Waals surface area contributed by atoms with Gasteiger partial charge in [-0.2, -0.15) is 0 Å². The lowest BCUT2D eigenvalue weighted by atomic mass is 10.0. The van der Waals surface area contributed by atoms with Crippen molar-refractivity contribution in [3.8, 4) is 0 Å². The first-order chi connectivity index (χ1) is 11.1. The topological polar surface area (TPSA) is 66.7 Å². The number of hydrogen-bond donors (Lipinski definition) is 0. The fourth-order valence-corrected chi connectivity index (χ4v) is 3.61. The van der Waals surface area contributed by atoms with Gasteiger partial charge in [0.2, 0.25) is 5.91 Å². The van der Waals surface area contributed by atoms with Crippen molar-refractivity contribution < 1.29 is 9.72 Å². The molecule has 2 aliphatic heterocycles. The molecule has 0 N–H and O–H groups in total. The van der Waals surface area contributed by atoms with Crippen LogP contribution in [0.15, 0.2) is 24.3 Å². The number of non-ortho nitro benzene ring substituents is 1. The maximum atomic E-state index is 12.5. The Labute approximate surface area is 136 Å². The molecule has 2 aliphatic rings. The lowest BCUT2D eigenvalue weighted by Crippen LogP contribution is -2.49. The van der Waals surface area contributed by atoms with Gasteiger partial charge in [-0.15, -0.1) is 0 Å². The molecule has 124 valence electrons. The zero-order valence-electron chi connectivity index (χ0n) is 13.3. The van der Waals surface area contributed by atoms with Gasteiger partial charge < -0.3 is 4.90 Å². The van der Waals surface area contributed by atoms with Crippen LogP contribution in [0.25, 0.3) is 0 Å². The fourth-order valence-electron chi connectivity index (χ4n) is 3.61. The summed E-state index contributed by atoms with van der Waals surface area (Å²) in [5.41, 5.74) is 0.900. The number of likely N-dealkylation sites (tertiary alicyclic amines) is 2. The van der Waals surface area contributed by atoms with E-state index in [1.807, 2.05) is 4.90 Å². The Morgan fingerprint density at radius 3 is 2.48 bits per heavy atom. The molecule has 0 radical (unpaired) electrons. The van der Waals surface area contributed by atoms with Gasteiger partial charge in [-0.25, -0.2) is 0 Å². The fraction of sp³-hybridized carbons (Fsp3) is 0.588. The highest BCUT2D eigenvalue weighted by Gasteiger charge is 2.29. The summed E-state index contributed by atoms with van der Waals surface area (Å²) in [5, 5.41) is 10.7. The molecule has 6 nitrogen and oxygen atoms in total. The number of amides is 1. The van der Waals surface area contributed by atoms with Crippen LogP contribution in [-0.2, 0) is 11.2 Å². The minimum absolute atomic E-state index is 0.0632. The number of piperidine rings is 1. The first-order valence-corrected chi connectivity index (χ1v) is 8.38. The van der Waals surface area contributed by atoms with Gasteiger partial charge in [-0.05, 0) is 44.3 Å². The van der Waals surface area contributed by atoms with Gasteiger partial charge in [-0.3, -0.25) is 19.8 Å². The summed E-state index contributed by atoms with van der Waals surface area (Å²) in [6.45, 7) is 3.98. The summed E-state index contributed by atoms with van der Waals surface area (Å²) in [4.78, 5) is 27.3. The third kappa shape index (κ3) is 3.88. The van der Waals surface area contributed by atoms with Crippen molar-refractivity contribution in [3.05, 3.63) is 39.9 Å². The number of rotatable bonds is 4. The predicted octanol–water partition coefficient (Wildman–Crippen LogP) is 2.22. The standard InChI is InChI=1S/C17H23N3O3/c21-17(12-14-5-7-15(8-6-14)20(22)23)19-11-3-4-16(13-19)18-9-1-2-10-18/h5-8,16H,1-4,9-13H2/t16-/m1/s1. The average Bonchev–Trinajstić information content (AvgIpc) is 3.10. The molecule has 23 heavy (non-hydrogen) atoms. The number of nitrogens with zero attached hydrogens (tertiary/aromatic N) is 3. The van der Waals surface area contributed by atoms with Gasteiger partial charge in [0, 0.05) is 31.3 Å². The molecule has 0 unspecified atom stereocenters. The van der Waals surface area contributed by atoms with Crippen LogP contribution in [-0.4, -0.2) is 52.9 Å². The quantitative estimate of drug-likeness (QED) is 0.631. The van der Waals surface area contributed by atoms with E-state index in [-0.39, 0.29) is 11.6 Å². The van der Waals surface area contributed by atoms with Crippen LogP contribution in [0.1, 0.15) is 31.2 Å². The van der Waals surface area contributed by atoms with E-state index in [0.29, 0.717) is 12.5 Å². The van der Waals surface area contributed by atoms with E-state index >= 15 is 0 Å². The van der Waals surface area contributed by atoms with Crippen molar-refractivity contribution in [2.45, 2.75) is 38.1 Å². The van der Waals surface area contributed by atoms with Gasteiger partial charge in [0.1, 0.15) is 0 Å². The first kappa shape index (κ1) is 15.9. The summed E-state index contributed by atoms with van der Waals surface area (Å²) in [7, 11) is 0. The molecule has 0 saturated carbocycles. The molecule has 1 atom stereocenters. The number of hydrogen-bond acceptors (Lipinski definition) is 4. The van der Waals surface area contributed by atoms with Crippen LogP contribution in [0, 0.1) is 10.1 Å². The monoisotopic (exact) mass is 317 g/mol. The molecule has 2 saturated heterocycles. The molecular weight excluding hydrogens is 294 g/mol. The van der Waals surface area contributed by atoms with Crippen molar-refractivity contribution >= 4 is 11.6 Å². The number of carbonyl (C=O) groups excluding carboxylic acids is 1. The molecule has 3 rings (SSSR count). The van der Waals surface area contributed by atoms with E-state index in [2.05, 4.69) is 4.90 Å². The average molecular weight is 317 g/mol. The molecule has 2 heterocycles. The molecule has 0 aromatic heterocycles. The number of benzene rings is 1. The van der Waals surface area contributed by atoms with Crippen molar-refractivity contribution in [3.63, 3.8) is 0 Å². The summed E-state index contributed by atoms with van der Waals surface area (Å²) in [6.07, 6.45) is 5.11. The van der Waals surface area contributed by atoms with E-state index in [4.69, 9.17) is 0 Å². The van der Waals surface area contributed by atoms with E-state index in [0.717, 1.165) is 38.2 Å². The van der Waals surface area contributed by atoms with Crippen LogP contribution in [0.2, 0.25) is 0 Å². The molecule has 6 heteroatoms. The zero-order valence-corrected chi connectivity index (χ0v) is 13.3. The lowest BCUT2D eigenvalue weighted by molar-refractivity contribution is -0.384. The molecule has 1 aromatic rings. The summed E-state index contributed by atoms with van der Waals surface area (Å²) >= 11 is 0. The van der Waals surface area contributed by atoms with Gasteiger partial charge in [-0.1, -0.05) is 12.1 Å². The maximum Gasteiger partial charge on any atom is 0.269 e. The Morgan fingerprint density at radius 2 is 1.83 bits per heavy atom. The molecule has 0 bridgehead atoms. The number of nitro benzene ring substituents is 1. The minimum Gasteiger partial charge on any atom is -0.341 e. The Kier molecular flexibility index (Phi) is 4.91. The van der Waals surface area contributed by atoms with Crippen LogP contribution in [0.4, 0.5) is 5.69 Å². The van der Waals surface area contributed by atoms with Gasteiger partial charge in [0.25, 0.3) is 5.69 Å². The predicted molar refractivity (Wildman–Crippen MR) is 87.2 cm³/mol. The van der Waals surface area contributed by atoms with Gasteiger partial charge >= 0.3 is 0 Å².